The second kappa shape index (κ2) is 8.46. The van der Waals surface area contributed by atoms with Crippen LogP contribution < -0.4 is 19.5 Å². The molecule has 0 unspecified atom stereocenters. The molecule has 2 heterocycles. The van der Waals surface area contributed by atoms with Gasteiger partial charge < -0.3 is 24.5 Å². The summed E-state index contributed by atoms with van der Waals surface area (Å²) in [6, 6.07) is 10.8. The topological polar surface area (TPSA) is 111 Å². The van der Waals surface area contributed by atoms with Crippen LogP contribution in [-0.2, 0) is 4.79 Å². The molecule has 4 aromatic rings. The zero-order chi connectivity index (χ0) is 21.1. The predicted octanol–water partition coefficient (Wildman–Crippen LogP) is 3.26. The van der Waals surface area contributed by atoms with E-state index in [2.05, 4.69) is 25.5 Å². The number of hydrogen-bond acceptors (Lipinski definition) is 8. The lowest BCUT2D eigenvalue weighted by molar-refractivity contribution is -0.113. The highest BCUT2D eigenvalue weighted by molar-refractivity contribution is 7.99. The summed E-state index contributed by atoms with van der Waals surface area (Å²) < 4.78 is 15.7. The van der Waals surface area contributed by atoms with Crippen LogP contribution in [0.2, 0.25) is 0 Å². The molecule has 154 valence electrons. The van der Waals surface area contributed by atoms with Crippen LogP contribution in [0.4, 0.5) is 5.69 Å². The second-order valence-corrected chi connectivity index (χ2v) is 7.21. The Morgan fingerprint density at radius 3 is 2.43 bits per heavy atom. The number of aromatic nitrogens is 4. The molecule has 0 aliphatic carbocycles. The highest BCUT2D eigenvalue weighted by atomic mass is 32.2. The van der Waals surface area contributed by atoms with Gasteiger partial charge in [-0.2, -0.15) is 0 Å². The molecule has 2 aromatic heterocycles. The van der Waals surface area contributed by atoms with Gasteiger partial charge in [-0.3, -0.25) is 4.79 Å². The van der Waals surface area contributed by atoms with E-state index in [0.717, 1.165) is 16.7 Å². The molecule has 0 bridgehead atoms. The van der Waals surface area contributed by atoms with Crippen molar-refractivity contribution in [3.63, 3.8) is 0 Å². The summed E-state index contributed by atoms with van der Waals surface area (Å²) in [7, 11) is 4.72. The van der Waals surface area contributed by atoms with Crippen molar-refractivity contribution >= 4 is 45.4 Å². The number of benzene rings is 2. The molecule has 1 amide bonds. The molecular weight excluding hydrogens is 406 g/mol. The fourth-order valence-corrected chi connectivity index (χ4v) is 3.52. The van der Waals surface area contributed by atoms with E-state index < -0.39 is 0 Å². The van der Waals surface area contributed by atoms with Gasteiger partial charge in [0, 0.05) is 34.8 Å². The normalized spacial score (nSPS) is 10.9. The van der Waals surface area contributed by atoms with Crippen LogP contribution in [0.3, 0.4) is 0 Å². The van der Waals surface area contributed by atoms with Crippen molar-refractivity contribution in [1.29, 1.82) is 0 Å². The largest absolute Gasteiger partial charge is 0.497 e. The standard InChI is InChI=1S/C20H19N5O4S/c1-27-12-4-5-16-15(9-12)18-19(22-16)23-20(25-24-18)30-10-17(26)21-11-6-13(28-2)8-14(7-11)29-3/h4-9H,10H2,1-3H3,(H,21,26)(H,22,23,25). The SMILES string of the molecule is COc1cc(NC(=O)CSc2nnc3c(n2)[nH]c2ccc(OC)cc23)cc(OC)c1. The lowest BCUT2D eigenvalue weighted by Crippen LogP contribution is -2.14. The summed E-state index contributed by atoms with van der Waals surface area (Å²) in [6.45, 7) is 0. The van der Waals surface area contributed by atoms with Gasteiger partial charge in [-0.15, -0.1) is 10.2 Å². The number of thioether (sulfide) groups is 1. The van der Waals surface area contributed by atoms with Gasteiger partial charge in [-0.1, -0.05) is 11.8 Å². The van der Waals surface area contributed by atoms with Crippen molar-refractivity contribution in [3.8, 4) is 17.2 Å². The van der Waals surface area contributed by atoms with Gasteiger partial charge in [0.25, 0.3) is 0 Å². The number of H-pyrrole nitrogens is 1. The third-order valence-corrected chi connectivity index (χ3v) is 5.21. The molecule has 0 spiro atoms. The maximum absolute atomic E-state index is 12.3. The summed E-state index contributed by atoms with van der Waals surface area (Å²) in [5, 5.41) is 12.5. The smallest absolute Gasteiger partial charge is 0.234 e. The summed E-state index contributed by atoms with van der Waals surface area (Å²) >= 11 is 1.20. The van der Waals surface area contributed by atoms with E-state index in [1.165, 1.54) is 11.8 Å². The number of carbonyl (C=O) groups is 1. The Labute approximate surface area is 176 Å². The number of nitrogens with one attached hydrogen (secondary N) is 2. The predicted molar refractivity (Wildman–Crippen MR) is 115 cm³/mol. The Hall–Kier alpha value is -3.53. The first-order valence-corrected chi connectivity index (χ1v) is 9.94. The van der Waals surface area contributed by atoms with Crippen molar-refractivity contribution in [2.24, 2.45) is 0 Å². The van der Waals surface area contributed by atoms with Gasteiger partial charge in [-0.25, -0.2) is 4.98 Å². The third kappa shape index (κ3) is 4.08. The molecule has 9 nitrogen and oxygen atoms in total. The van der Waals surface area contributed by atoms with E-state index in [0.29, 0.717) is 33.5 Å². The zero-order valence-electron chi connectivity index (χ0n) is 16.6. The lowest BCUT2D eigenvalue weighted by atomic mass is 10.2. The Morgan fingerprint density at radius 1 is 1.00 bits per heavy atom. The van der Waals surface area contributed by atoms with Gasteiger partial charge >= 0.3 is 0 Å². The van der Waals surface area contributed by atoms with Crippen molar-refractivity contribution in [1.82, 2.24) is 20.2 Å². The zero-order valence-corrected chi connectivity index (χ0v) is 17.4. The van der Waals surface area contributed by atoms with Crippen LogP contribution in [-0.4, -0.2) is 53.2 Å². The number of rotatable bonds is 7. The molecule has 10 heteroatoms. The number of amides is 1. The number of ether oxygens (including phenoxy) is 3. The van der Waals surface area contributed by atoms with E-state index in [9.17, 15) is 4.79 Å². The summed E-state index contributed by atoms with van der Waals surface area (Å²) in [6.07, 6.45) is 0. The Balaban J connectivity index is 1.47. The Kier molecular flexibility index (Phi) is 5.57. The summed E-state index contributed by atoms with van der Waals surface area (Å²) in [5.74, 6) is 1.83. The molecule has 0 atom stereocenters. The number of anilines is 1. The highest BCUT2D eigenvalue weighted by Gasteiger charge is 2.12. The fourth-order valence-electron chi connectivity index (χ4n) is 2.93. The minimum Gasteiger partial charge on any atom is -0.497 e. The van der Waals surface area contributed by atoms with E-state index in [4.69, 9.17) is 14.2 Å². The highest BCUT2D eigenvalue weighted by Crippen LogP contribution is 2.28. The van der Waals surface area contributed by atoms with Gasteiger partial charge in [0.15, 0.2) is 5.65 Å². The maximum Gasteiger partial charge on any atom is 0.234 e. The van der Waals surface area contributed by atoms with Crippen molar-refractivity contribution in [2.45, 2.75) is 5.16 Å². The van der Waals surface area contributed by atoms with Crippen LogP contribution in [0.25, 0.3) is 22.1 Å². The first-order chi connectivity index (χ1) is 14.6. The number of fused-ring (bicyclic) bond motifs is 3. The van der Waals surface area contributed by atoms with Gasteiger partial charge in [0.1, 0.15) is 22.8 Å². The lowest BCUT2D eigenvalue weighted by Gasteiger charge is -2.09. The molecule has 0 aliphatic heterocycles. The van der Waals surface area contributed by atoms with E-state index in [-0.39, 0.29) is 11.7 Å². The number of aromatic amines is 1. The Bertz CT molecular complexity index is 1200. The van der Waals surface area contributed by atoms with E-state index in [1.807, 2.05) is 18.2 Å². The minimum absolute atomic E-state index is 0.126. The first kappa shape index (κ1) is 19.8. The molecule has 0 radical (unpaired) electrons. The molecule has 4 rings (SSSR count). The number of carbonyl (C=O) groups excluding carboxylic acids is 1. The molecule has 2 aromatic carbocycles. The molecule has 0 saturated carbocycles. The fraction of sp³-hybridized carbons (Fsp3) is 0.200. The van der Waals surface area contributed by atoms with Crippen molar-refractivity contribution in [2.75, 3.05) is 32.4 Å². The van der Waals surface area contributed by atoms with Gasteiger partial charge in [0.05, 0.1) is 27.1 Å². The van der Waals surface area contributed by atoms with Gasteiger partial charge in [-0.05, 0) is 18.2 Å². The molecular formula is C20H19N5O4S. The second-order valence-electron chi connectivity index (χ2n) is 6.27. The van der Waals surface area contributed by atoms with Crippen molar-refractivity contribution in [3.05, 3.63) is 36.4 Å². The van der Waals surface area contributed by atoms with Crippen LogP contribution in [0, 0.1) is 0 Å². The molecule has 2 N–H and O–H groups in total. The number of hydrogen-bond donors (Lipinski definition) is 2. The maximum atomic E-state index is 12.3. The molecule has 0 saturated heterocycles. The van der Waals surface area contributed by atoms with E-state index in [1.54, 1.807) is 39.5 Å². The van der Waals surface area contributed by atoms with Crippen LogP contribution in [0.1, 0.15) is 0 Å². The minimum atomic E-state index is -0.208. The van der Waals surface area contributed by atoms with Crippen LogP contribution >= 0.6 is 11.8 Å². The number of nitrogens with zero attached hydrogens (tertiary/aromatic N) is 3. The van der Waals surface area contributed by atoms with Crippen LogP contribution in [0.15, 0.2) is 41.6 Å². The molecule has 0 aliphatic rings. The quantitative estimate of drug-likeness (QED) is 0.434. The first-order valence-electron chi connectivity index (χ1n) is 8.95. The average Bonchev–Trinajstić information content (AvgIpc) is 3.14. The van der Waals surface area contributed by atoms with Crippen molar-refractivity contribution < 1.29 is 19.0 Å². The van der Waals surface area contributed by atoms with E-state index >= 15 is 0 Å². The monoisotopic (exact) mass is 425 g/mol. The van der Waals surface area contributed by atoms with Gasteiger partial charge in [0.2, 0.25) is 11.1 Å². The molecule has 30 heavy (non-hydrogen) atoms. The Morgan fingerprint density at radius 2 is 1.73 bits per heavy atom. The summed E-state index contributed by atoms with van der Waals surface area (Å²) in [5.41, 5.74) is 2.73. The summed E-state index contributed by atoms with van der Waals surface area (Å²) in [4.78, 5) is 20.0. The van der Waals surface area contributed by atoms with Crippen LogP contribution in [0.5, 0.6) is 17.2 Å². The third-order valence-electron chi connectivity index (χ3n) is 4.37. The average molecular weight is 425 g/mol. The molecule has 0 fully saturated rings. The number of methoxy groups -OCH3 is 3.